The summed E-state index contributed by atoms with van der Waals surface area (Å²) in [6.45, 7) is 2.91. The van der Waals surface area contributed by atoms with E-state index in [0.29, 0.717) is 22.5 Å². The summed E-state index contributed by atoms with van der Waals surface area (Å²) in [6, 6.07) is 11.7. The van der Waals surface area contributed by atoms with Crippen LogP contribution < -0.4 is 19.7 Å². The number of ether oxygens (including phenoxy) is 1. The first-order valence-corrected chi connectivity index (χ1v) is 11.4. The topological polar surface area (TPSA) is 114 Å². The van der Waals surface area contributed by atoms with E-state index in [2.05, 4.69) is 20.0 Å². The number of para-hydroxylation sites is 2. The van der Waals surface area contributed by atoms with Crippen LogP contribution in [-0.2, 0) is 14.8 Å². The number of carbonyl (C=O) groups is 1. The molecular formula is C21H23N5O4S. The van der Waals surface area contributed by atoms with Crippen molar-refractivity contribution in [3.8, 4) is 5.75 Å². The van der Waals surface area contributed by atoms with Gasteiger partial charge in [-0.1, -0.05) is 12.1 Å². The smallest absolute Gasteiger partial charge is 0.266 e. The summed E-state index contributed by atoms with van der Waals surface area (Å²) >= 11 is 0. The molecule has 2 aromatic carbocycles. The molecule has 3 aromatic rings. The maximum Gasteiger partial charge on any atom is 0.266 e. The van der Waals surface area contributed by atoms with E-state index in [-0.39, 0.29) is 22.4 Å². The second kappa shape index (κ2) is 8.38. The van der Waals surface area contributed by atoms with Crippen molar-refractivity contribution in [2.75, 3.05) is 35.1 Å². The fourth-order valence-corrected chi connectivity index (χ4v) is 4.76. The zero-order valence-corrected chi connectivity index (χ0v) is 18.1. The summed E-state index contributed by atoms with van der Waals surface area (Å²) < 4.78 is 34.5. The highest BCUT2D eigenvalue weighted by Gasteiger charge is 2.26. The minimum atomic E-state index is -4.09. The third kappa shape index (κ3) is 4.38. The number of hydrogen-bond donors (Lipinski definition) is 2. The lowest BCUT2D eigenvalue weighted by atomic mass is 10.3. The molecule has 0 unspecified atom stereocenters. The zero-order valence-electron chi connectivity index (χ0n) is 17.3. The second-order valence-corrected chi connectivity index (χ2v) is 8.88. The molecular weight excluding hydrogens is 418 g/mol. The first kappa shape index (κ1) is 20.9. The van der Waals surface area contributed by atoms with Crippen LogP contribution in [0.3, 0.4) is 0 Å². The van der Waals surface area contributed by atoms with E-state index in [0.717, 1.165) is 25.9 Å². The van der Waals surface area contributed by atoms with E-state index < -0.39 is 10.0 Å². The molecule has 1 aliphatic rings. The summed E-state index contributed by atoms with van der Waals surface area (Å²) in [6.07, 6.45) is 2.01. The van der Waals surface area contributed by atoms with E-state index in [1.807, 2.05) is 23.1 Å². The van der Waals surface area contributed by atoms with Crippen LogP contribution in [0.1, 0.15) is 19.8 Å². The molecule has 0 saturated carbocycles. The molecule has 2 heterocycles. The monoisotopic (exact) mass is 441 g/mol. The van der Waals surface area contributed by atoms with Gasteiger partial charge in [0.1, 0.15) is 10.6 Å². The number of amides is 1. The molecule has 0 radical (unpaired) electrons. The van der Waals surface area contributed by atoms with Gasteiger partial charge >= 0.3 is 0 Å². The van der Waals surface area contributed by atoms with Crippen LogP contribution in [0, 0.1) is 0 Å². The molecule has 1 fully saturated rings. The quantitative estimate of drug-likeness (QED) is 0.604. The van der Waals surface area contributed by atoms with Crippen LogP contribution in [0.15, 0.2) is 47.4 Å². The Kier molecular flexibility index (Phi) is 5.64. The van der Waals surface area contributed by atoms with Crippen LogP contribution >= 0.6 is 0 Å². The highest BCUT2D eigenvalue weighted by atomic mass is 32.2. The summed E-state index contributed by atoms with van der Waals surface area (Å²) in [5.41, 5.74) is 1.62. The molecule has 9 nitrogen and oxygen atoms in total. The Morgan fingerprint density at radius 3 is 2.39 bits per heavy atom. The Labute approximate surface area is 180 Å². The van der Waals surface area contributed by atoms with Crippen LogP contribution in [0.4, 0.5) is 17.3 Å². The normalized spacial score (nSPS) is 13.9. The number of sulfonamides is 1. The molecule has 4 rings (SSSR count). The van der Waals surface area contributed by atoms with E-state index in [1.165, 1.54) is 26.2 Å². The highest BCUT2D eigenvalue weighted by Crippen LogP contribution is 2.32. The molecule has 10 heteroatoms. The first-order chi connectivity index (χ1) is 14.9. The predicted molar refractivity (Wildman–Crippen MR) is 119 cm³/mol. The van der Waals surface area contributed by atoms with Crippen molar-refractivity contribution in [1.82, 2.24) is 9.97 Å². The Morgan fingerprint density at radius 1 is 1.06 bits per heavy atom. The van der Waals surface area contributed by atoms with Gasteiger partial charge in [0.05, 0.1) is 18.1 Å². The molecule has 2 N–H and O–H groups in total. The van der Waals surface area contributed by atoms with Crippen LogP contribution in [0.5, 0.6) is 5.75 Å². The first-order valence-electron chi connectivity index (χ1n) is 9.87. The van der Waals surface area contributed by atoms with Crippen molar-refractivity contribution in [2.45, 2.75) is 24.7 Å². The molecule has 1 aliphatic heterocycles. The summed E-state index contributed by atoms with van der Waals surface area (Å²) in [5, 5.41) is 2.59. The number of benzene rings is 2. The molecule has 1 aromatic heterocycles. The van der Waals surface area contributed by atoms with Crippen LogP contribution in [0.2, 0.25) is 0 Å². The number of methoxy groups -OCH3 is 1. The van der Waals surface area contributed by atoms with Gasteiger partial charge in [0, 0.05) is 25.7 Å². The average molecular weight is 442 g/mol. The maximum absolute atomic E-state index is 13.3. The minimum Gasteiger partial charge on any atom is -0.495 e. The van der Waals surface area contributed by atoms with Gasteiger partial charge in [-0.3, -0.25) is 9.52 Å². The van der Waals surface area contributed by atoms with E-state index in [9.17, 15) is 13.2 Å². The van der Waals surface area contributed by atoms with Gasteiger partial charge in [-0.15, -0.1) is 0 Å². The molecule has 1 amide bonds. The van der Waals surface area contributed by atoms with Crippen molar-refractivity contribution in [3.05, 3.63) is 42.5 Å². The lowest BCUT2D eigenvalue weighted by molar-refractivity contribution is -0.114. The molecule has 0 aliphatic carbocycles. The van der Waals surface area contributed by atoms with Gasteiger partial charge in [-0.25, -0.2) is 18.4 Å². The SMILES string of the molecule is COc1ccc(NC(C)=O)cc1S(=O)(=O)Nc1nc2ccccc2nc1N1CCCC1. The summed E-state index contributed by atoms with van der Waals surface area (Å²) in [4.78, 5) is 22.6. The molecule has 162 valence electrons. The van der Waals surface area contributed by atoms with Gasteiger partial charge in [-0.05, 0) is 43.2 Å². The Morgan fingerprint density at radius 2 is 1.74 bits per heavy atom. The molecule has 0 bridgehead atoms. The molecule has 31 heavy (non-hydrogen) atoms. The van der Waals surface area contributed by atoms with Gasteiger partial charge in [0.25, 0.3) is 10.0 Å². The average Bonchev–Trinajstić information content (AvgIpc) is 3.27. The van der Waals surface area contributed by atoms with Gasteiger partial charge in [0.15, 0.2) is 11.6 Å². The van der Waals surface area contributed by atoms with Crippen molar-refractivity contribution in [2.24, 2.45) is 0 Å². The Hall–Kier alpha value is -3.40. The highest BCUT2D eigenvalue weighted by molar-refractivity contribution is 7.92. The zero-order chi connectivity index (χ0) is 22.0. The number of hydrogen-bond acceptors (Lipinski definition) is 7. The molecule has 0 atom stereocenters. The minimum absolute atomic E-state index is 0.108. The van der Waals surface area contributed by atoms with E-state index in [1.54, 1.807) is 12.1 Å². The molecule has 0 spiro atoms. The van der Waals surface area contributed by atoms with Gasteiger partial charge in [-0.2, -0.15) is 0 Å². The number of carbonyl (C=O) groups excluding carboxylic acids is 1. The number of fused-ring (bicyclic) bond motifs is 1. The summed E-state index contributed by atoms with van der Waals surface area (Å²) in [5.74, 6) is 0.501. The fourth-order valence-electron chi connectivity index (χ4n) is 3.56. The number of anilines is 3. The second-order valence-electron chi connectivity index (χ2n) is 7.23. The van der Waals surface area contributed by atoms with Gasteiger partial charge < -0.3 is 15.0 Å². The van der Waals surface area contributed by atoms with Crippen molar-refractivity contribution < 1.29 is 17.9 Å². The van der Waals surface area contributed by atoms with Crippen LogP contribution in [0.25, 0.3) is 11.0 Å². The van der Waals surface area contributed by atoms with Crippen molar-refractivity contribution >= 4 is 44.3 Å². The predicted octanol–water partition coefficient (Wildman–Crippen LogP) is 3.00. The van der Waals surface area contributed by atoms with Gasteiger partial charge in [0.2, 0.25) is 5.91 Å². The third-order valence-electron chi connectivity index (χ3n) is 4.96. The number of nitrogens with one attached hydrogen (secondary N) is 2. The van der Waals surface area contributed by atoms with Crippen molar-refractivity contribution in [1.29, 1.82) is 0 Å². The van der Waals surface area contributed by atoms with Crippen molar-refractivity contribution in [3.63, 3.8) is 0 Å². The van der Waals surface area contributed by atoms with E-state index in [4.69, 9.17) is 4.74 Å². The maximum atomic E-state index is 13.3. The standard InChI is InChI=1S/C21H23N5O4S/c1-14(27)22-15-9-10-18(30-2)19(13-15)31(28,29)25-20-21(26-11-5-6-12-26)24-17-8-4-3-7-16(17)23-20/h3-4,7-10,13H,5-6,11-12H2,1-2H3,(H,22,27)(H,23,25). The lowest BCUT2D eigenvalue weighted by Crippen LogP contribution is -2.23. The lowest BCUT2D eigenvalue weighted by Gasteiger charge is -2.21. The Balaban J connectivity index is 1.79. The molecule has 1 saturated heterocycles. The number of aromatic nitrogens is 2. The van der Waals surface area contributed by atoms with Crippen LogP contribution in [-0.4, -0.2) is 44.5 Å². The number of nitrogens with zero attached hydrogens (tertiary/aromatic N) is 3. The largest absolute Gasteiger partial charge is 0.495 e. The number of rotatable bonds is 6. The fraction of sp³-hybridized carbons (Fsp3) is 0.286. The summed E-state index contributed by atoms with van der Waals surface area (Å²) in [7, 11) is -2.70. The van der Waals surface area contributed by atoms with E-state index >= 15 is 0 Å². The Bertz CT molecular complexity index is 1240. The third-order valence-corrected chi connectivity index (χ3v) is 6.32.